The topological polar surface area (TPSA) is 35.5 Å². The summed E-state index contributed by atoms with van der Waals surface area (Å²) < 4.78 is 26.1. The summed E-state index contributed by atoms with van der Waals surface area (Å²) in [6, 6.07) is 3.70. The first-order valence-corrected chi connectivity index (χ1v) is 7.05. The van der Waals surface area contributed by atoms with Gasteiger partial charge in [0, 0.05) is 12.1 Å². The highest BCUT2D eigenvalue weighted by Crippen LogP contribution is 2.20. The Hall–Kier alpha value is -1.04. The second-order valence-corrected chi connectivity index (χ2v) is 5.65. The Morgan fingerprint density at radius 1 is 1.25 bits per heavy atom. The number of hydrogen-bond donors (Lipinski definition) is 2. The Bertz CT molecular complexity index is 447. The van der Waals surface area contributed by atoms with Crippen molar-refractivity contribution >= 4 is 0 Å². The number of aliphatic hydroxyl groups excluding tert-OH is 1. The zero-order valence-corrected chi connectivity index (χ0v) is 11.9. The Kier molecular flexibility index (Phi) is 5.07. The van der Waals surface area contributed by atoms with E-state index in [1.54, 1.807) is 0 Å². The summed E-state index contributed by atoms with van der Waals surface area (Å²) in [7, 11) is 2.09. The van der Waals surface area contributed by atoms with E-state index in [2.05, 4.69) is 17.3 Å². The van der Waals surface area contributed by atoms with Gasteiger partial charge in [-0.3, -0.25) is 0 Å². The van der Waals surface area contributed by atoms with Gasteiger partial charge in [0.15, 0.2) is 11.6 Å². The van der Waals surface area contributed by atoms with Crippen molar-refractivity contribution in [2.45, 2.75) is 38.0 Å². The fourth-order valence-corrected chi connectivity index (χ4v) is 2.62. The molecule has 0 radical (unpaired) electrons. The minimum atomic E-state index is -0.923. The zero-order valence-electron chi connectivity index (χ0n) is 11.9. The summed E-state index contributed by atoms with van der Waals surface area (Å²) >= 11 is 0. The lowest BCUT2D eigenvalue weighted by Gasteiger charge is -2.33. The third kappa shape index (κ3) is 3.75. The van der Waals surface area contributed by atoms with Gasteiger partial charge in [-0.1, -0.05) is 6.07 Å². The van der Waals surface area contributed by atoms with E-state index in [-0.39, 0.29) is 6.04 Å². The van der Waals surface area contributed by atoms with Crippen molar-refractivity contribution in [3.63, 3.8) is 0 Å². The average molecular weight is 284 g/mol. The van der Waals surface area contributed by atoms with Crippen LogP contribution in [0.15, 0.2) is 18.2 Å². The second kappa shape index (κ2) is 6.61. The molecule has 1 heterocycles. The number of likely N-dealkylation sites (tertiary alicyclic amines) is 1. The number of halogens is 2. The van der Waals surface area contributed by atoms with Crippen LogP contribution in [0.1, 0.15) is 31.4 Å². The minimum absolute atomic E-state index is 0.201. The molecule has 112 valence electrons. The number of benzene rings is 1. The van der Waals surface area contributed by atoms with E-state index in [0.29, 0.717) is 11.6 Å². The zero-order chi connectivity index (χ0) is 14.7. The fourth-order valence-electron chi connectivity index (χ4n) is 2.62. The van der Waals surface area contributed by atoms with Crippen molar-refractivity contribution in [2.24, 2.45) is 0 Å². The maximum Gasteiger partial charge on any atom is 0.159 e. The van der Waals surface area contributed by atoms with Crippen LogP contribution >= 0.6 is 0 Å². The molecule has 1 aliphatic rings. The van der Waals surface area contributed by atoms with Gasteiger partial charge in [0.05, 0.1) is 6.10 Å². The molecule has 0 saturated carbocycles. The van der Waals surface area contributed by atoms with Gasteiger partial charge in [0.1, 0.15) is 0 Å². The Balaban J connectivity index is 1.94. The predicted molar refractivity (Wildman–Crippen MR) is 74.4 cm³/mol. The summed E-state index contributed by atoms with van der Waals surface area (Å²) in [5.74, 6) is -1.81. The van der Waals surface area contributed by atoms with Crippen LogP contribution in [0.2, 0.25) is 0 Å². The van der Waals surface area contributed by atoms with Gasteiger partial charge in [-0.2, -0.15) is 0 Å². The largest absolute Gasteiger partial charge is 0.387 e. The van der Waals surface area contributed by atoms with Gasteiger partial charge < -0.3 is 15.3 Å². The molecule has 0 amide bonds. The molecule has 3 nitrogen and oxygen atoms in total. The van der Waals surface area contributed by atoms with Crippen LogP contribution in [-0.2, 0) is 0 Å². The predicted octanol–water partition coefficient (Wildman–Crippen LogP) is 2.07. The molecule has 1 fully saturated rings. The summed E-state index contributed by atoms with van der Waals surface area (Å²) in [5.41, 5.74) is 0.400. The molecule has 2 atom stereocenters. The van der Waals surface area contributed by atoms with Gasteiger partial charge in [-0.05, 0) is 57.6 Å². The highest BCUT2D eigenvalue weighted by molar-refractivity contribution is 5.21. The molecule has 0 aliphatic carbocycles. The quantitative estimate of drug-likeness (QED) is 0.888. The summed E-state index contributed by atoms with van der Waals surface area (Å²) in [6.45, 7) is 3.93. The first-order valence-electron chi connectivity index (χ1n) is 7.05. The Morgan fingerprint density at radius 3 is 2.50 bits per heavy atom. The van der Waals surface area contributed by atoms with Crippen LogP contribution in [0, 0.1) is 11.6 Å². The van der Waals surface area contributed by atoms with E-state index in [1.165, 1.54) is 6.07 Å². The smallest absolute Gasteiger partial charge is 0.159 e. The average Bonchev–Trinajstić information content (AvgIpc) is 2.43. The molecular weight excluding hydrogens is 262 g/mol. The monoisotopic (exact) mass is 284 g/mol. The van der Waals surface area contributed by atoms with Gasteiger partial charge >= 0.3 is 0 Å². The summed E-state index contributed by atoms with van der Waals surface area (Å²) in [6.07, 6.45) is 1.22. The van der Waals surface area contributed by atoms with Crippen LogP contribution in [-0.4, -0.2) is 42.2 Å². The SMILES string of the molecule is CC(NC1CCN(C)CC1)C(O)c1ccc(F)c(F)c1. The van der Waals surface area contributed by atoms with Crippen LogP contribution in [0.25, 0.3) is 0 Å². The molecule has 1 aromatic rings. The number of piperidine rings is 1. The van der Waals surface area contributed by atoms with Crippen LogP contribution in [0.3, 0.4) is 0 Å². The van der Waals surface area contributed by atoms with E-state index in [0.717, 1.165) is 38.1 Å². The number of rotatable bonds is 4. The van der Waals surface area contributed by atoms with Crippen LogP contribution in [0.4, 0.5) is 8.78 Å². The molecule has 0 spiro atoms. The van der Waals surface area contributed by atoms with Crippen molar-refractivity contribution in [3.05, 3.63) is 35.4 Å². The molecular formula is C15H22F2N2O. The van der Waals surface area contributed by atoms with Crippen molar-refractivity contribution in [1.29, 1.82) is 0 Å². The lowest BCUT2D eigenvalue weighted by atomic mass is 9.99. The highest BCUT2D eigenvalue weighted by Gasteiger charge is 2.23. The Morgan fingerprint density at radius 2 is 1.90 bits per heavy atom. The van der Waals surface area contributed by atoms with E-state index in [4.69, 9.17) is 0 Å². The minimum Gasteiger partial charge on any atom is -0.387 e. The van der Waals surface area contributed by atoms with Gasteiger partial charge in [-0.25, -0.2) is 8.78 Å². The maximum atomic E-state index is 13.2. The molecule has 2 rings (SSSR count). The van der Waals surface area contributed by atoms with Crippen LogP contribution < -0.4 is 5.32 Å². The first kappa shape index (κ1) is 15.4. The Labute approximate surface area is 118 Å². The molecule has 0 aromatic heterocycles. The number of nitrogens with one attached hydrogen (secondary N) is 1. The molecule has 1 saturated heterocycles. The fraction of sp³-hybridized carbons (Fsp3) is 0.600. The standard InChI is InChI=1S/C15H22F2N2O/c1-10(18-12-5-7-19(2)8-6-12)15(20)11-3-4-13(16)14(17)9-11/h3-4,9-10,12,15,18,20H,5-8H2,1-2H3. The molecule has 2 unspecified atom stereocenters. The van der Waals surface area contributed by atoms with E-state index in [1.807, 2.05) is 6.92 Å². The van der Waals surface area contributed by atoms with Gasteiger partial charge in [0.2, 0.25) is 0 Å². The molecule has 5 heteroatoms. The van der Waals surface area contributed by atoms with Gasteiger partial charge in [0.25, 0.3) is 0 Å². The van der Waals surface area contributed by atoms with E-state index in [9.17, 15) is 13.9 Å². The van der Waals surface area contributed by atoms with Crippen molar-refractivity contribution < 1.29 is 13.9 Å². The maximum absolute atomic E-state index is 13.2. The summed E-state index contributed by atoms with van der Waals surface area (Å²) in [4.78, 5) is 2.27. The third-order valence-electron chi connectivity index (χ3n) is 3.98. The van der Waals surface area contributed by atoms with Crippen molar-refractivity contribution in [1.82, 2.24) is 10.2 Å². The van der Waals surface area contributed by atoms with Crippen LogP contribution in [0.5, 0.6) is 0 Å². The first-order chi connectivity index (χ1) is 9.47. The molecule has 2 N–H and O–H groups in total. The summed E-state index contributed by atoms with van der Waals surface area (Å²) in [5, 5.41) is 13.6. The number of aliphatic hydroxyl groups is 1. The second-order valence-electron chi connectivity index (χ2n) is 5.65. The highest BCUT2D eigenvalue weighted by atomic mass is 19.2. The molecule has 20 heavy (non-hydrogen) atoms. The number of nitrogens with zero attached hydrogens (tertiary/aromatic N) is 1. The molecule has 1 aromatic carbocycles. The van der Waals surface area contributed by atoms with Gasteiger partial charge in [-0.15, -0.1) is 0 Å². The van der Waals surface area contributed by atoms with Crippen molar-refractivity contribution in [2.75, 3.05) is 20.1 Å². The van der Waals surface area contributed by atoms with E-state index < -0.39 is 17.7 Å². The molecule has 0 bridgehead atoms. The number of hydrogen-bond acceptors (Lipinski definition) is 3. The third-order valence-corrected chi connectivity index (χ3v) is 3.98. The van der Waals surface area contributed by atoms with E-state index >= 15 is 0 Å². The lowest BCUT2D eigenvalue weighted by Crippen LogP contribution is -2.46. The van der Waals surface area contributed by atoms with Crippen molar-refractivity contribution in [3.8, 4) is 0 Å². The lowest BCUT2D eigenvalue weighted by molar-refractivity contribution is 0.118. The normalized spacial score (nSPS) is 20.9. The molecule has 1 aliphatic heterocycles.